The number of nitrogens with zero attached hydrogens (tertiary/aromatic N) is 2. The molecular weight excluding hydrogens is 476 g/mol. The summed E-state index contributed by atoms with van der Waals surface area (Å²) < 4.78 is 0. The van der Waals surface area contributed by atoms with Crippen molar-refractivity contribution in [1.29, 1.82) is 0 Å². The van der Waals surface area contributed by atoms with E-state index in [0.717, 1.165) is 0 Å². The Bertz CT molecular complexity index is 1040. The Morgan fingerprint density at radius 1 is 0.833 bits per heavy atom. The van der Waals surface area contributed by atoms with Gasteiger partial charge in [-0.15, -0.1) is 0 Å². The van der Waals surface area contributed by atoms with E-state index in [1.165, 1.54) is 25.0 Å². The van der Waals surface area contributed by atoms with Crippen LogP contribution in [0.25, 0.3) is 0 Å². The molecule has 0 radical (unpaired) electrons. The molecule has 4 atom stereocenters. The van der Waals surface area contributed by atoms with Crippen LogP contribution in [0.4, 0.5) is 0 Å². The van der Waals surface area contributed by atoms with Crippen LogP contribution in [0.5, 0.6) is 0 Å². The third-order valence-electron chi connectivity index (χ3n) is 5.24. The van der Waals surface area contributed by atoms with Crippen LogP contribution in [0.15, 0.2) is 25.0 Å². The van der Waals surface area contributed by atoms with Crippen molar-refractivity contribution in [2.75, 3.05) is 0 Å². The molecule has 0 fully saturated rings. The van der Waals surface area contributed by atoms with Gasteiger partial charge in [-0.05, 0) is 5.92 Å². The molecule has 3 amide bonds. The van der Waals surface area contributed by atoms with Gasteiger partial charge in [-0.3, -0.25) is 19.2 Å². The van der Waals surface area contributed by atoms with Crippen molar-refractivity contribution in [3.8, 4) is 0 Å². The van der Waals surface area contributed by atoms with Crippen LogP contribution in [0.2, 0.25) is 0 Å². The van der Waals surface area contributed by atoms with Crippen LogP contribution in [0.1, 0.15) is 31.7 Å². The van der Waals surface area contributed by atoms with Crippen LogP contribution in [-0.2, 0) is 36.8 Å². The molecule has 196 valence electrons. The van der Waals surface area contributed by atoms with Crippen LogP contribution in [0.3, 0.4) is 0 Å². The van der Waals surface area contributed by atoms with Gasteiger partial charge in [0.1, 0.15) is 18.1 Å². The second-order valence-electron chi connectivity index (χ2n) is 8.45. The standard InChI is InChI=1S/C21H30N8O7/c1-10(2)17(22)20(34)28-14(4-12-7-24-9-26-12)18(32)27-13(3-11-6-23-8-25-11)19(33)29-15(21(35)36)5-16(30)31/h6-10,13-15,17H,3-5,22H2,1-2H3,(H,23,25)(H,24,26)(H,27,32)(H,28,34)(H,29,33)(H,30,31)(H,35,36). The van der Waals surface area contributed by atoms with Crippen molar-refractivity contribution in [1.82, 2.24) is 35.9 Å². The number of hydrogen-bond acceptors (Lipinski definition) is 8. The normalized spacial score (nSPS) is 14.3. The summed E-state index contributed by atoms with van der Waals surface area (Å²) in [7, 11) is 0. The number of nitrogens with one attached hydrogen (secondary N) is 5. The zero-order chi connectivity index (χ0) is 26.8. The Kier molecular flexibility index (Phi) is 10.1. The van der Waals surface area contributed by atoms with Gasteiger partial charge >= 0.3 is 11.9 Å². The van der Waals surface area contributed by atoms with E-state index in [0.29, 0.717) is 11.4 Å². The van der Waals surface area contributed by atoms with Gasteiger partial charge in [0, 0.05) is 36.6 Å². The van der Waals surface area contributed by atoms with Gasteiger partial charge in [-0.1, -0.05) is 13.8 Å². The third-order valence-corrected chi connectivity index (χ3v) is 5.24. The number of rotatable bonds is 14. The van der Waals surface area contributed by atoms with Crippen LogP contribution in [0, 0.1) is 5.92 Å². The molecule has 0 aliphatic rings. The fraction of sp³-hybridized carbons (Fsp3) is 0.476. The minimum atomic E-state index is -1.72. The summed E-state index contributed by atoms with van der Waals surface area (Å²) in [6.07, 6.45) is 4.64. The lowest BCUT2D eigenvalue weighted by Crippen LogP contribution is -2.58. The number of H-pyrrole nitrogens is 2. The largest absolute Gasteiger partial charge is 0.481 e. The lowest BCUT2D eigenvalue weighted by Gasteiger charge is -2.25. The second-order valence-corrected chi connectivity index (χ2v) is 8.45. The highest BCUT2D eigenvalue weighted by atomic mass is 16.4. The van der Waals surface area contributed by atoms with Crippen molar-refractivity contribution in [2.24, 2.45) is 11.7 Å². The molecule has 0 aromatic carbocycles. The number of carboxylic acids is 2. The molecule has 0 bridgehead atoms. The monoisotopic (exact) mass is 506 g/mol. The molecule has 0 aliphatic heterocycles. The summed E-state index contributed by atoms with van der Waals surface area (Å²) in [6.45, 7) is 3.49. The van der Waals surface area contributed by atoms with E-state index in [-0.39, 0.29) is 18.8 Å². The van der Waals surface area contributed by atoms with E-state index in [2.05, 4.69) is 35.9 Å². The summed E-state index contributed by atoms with van der Waals surface area (Å²) >= 11 is 0. The maximum Gasteiger partial charge on any atom is 0.326 e. The summed E-state index contributed by atoms with van der Waals surface area (Å²) in [5, 5.41) is 25.4. The van der Waals surface area contributed by atoms with Gasteiger partial charge in [0.25, 0.3) is 0 Å². The number of imidazole rings is 2. The fourth-order valence-corrected chi connectivity index (χ4v) is 3.14. The van der Waals surface area contributed by atoms with E-state index in [1.54, 1.807) is 13.8 Å². The predicted molar refractivity (Wildman–Crippen MR) is 123 cm³/mol. The van der Waals surface area contributed by atoms with E-state index < -0.39 is 60.2 Å². The first kappa shape index (κ1) is 28.0. The molecule has 0 aliphatic carbocycles. The summed E-state index contributed by atoms with van der Waals surface area (Å²) in [6, 6.07) is -5.10. The van der Waals surface area contributed by atoms with Crippen molar-refractivity contribution in [3.05, 3.63) is 36.4 Å². The van der Waals surface area contributed by atoms with Gasteiger partial charge in [0.2, 0.25) is 17.7 Å². The molecule has 15 heteroatoms. The highest BCUT2D eigenvalue weighted by Gasteiger charge is 2.32. The molecule has 2 heterocycles. The fourth-order valence-electron chi connectivity index (χ4n) is 3.14. The first-order valence-electron chi connectivity index (χ1n) is 11.0. The summed E-state index contributed by atoms with van der Waals surface area (Å²) in [5.74, 6) is -5.45. The predicted octanol–water partition coefficient (Wildman–Crippen LogP) is -2.08. The summed E-state index contributed by atoms with van der Waals surface area (Å²) in [5.41, 5.74) is 6.87. The lowest BCUT2D eigenvalue weighted by molar-refractivity contribution is -0.147. The Morgan fingerprint density at radius 2 is 1.28 bits per heavy atom. The van der Waals surface area contributed by atoms with Crippen LogP contribution < -0.4 is 21.7 Å². The van der Waals surface area contributed by atoms with Gasteiger partial charge in [-0.2, -0.15) is 0 Å². The van der Waals surface area contributed by atoms with E-state index in [1.807, 2.05) is 0 Å². The SMILES string of the molecule is CC(C)C(N)C(=O)NC(Cc1cnc[nH]1)C(=O)NC(Cc1cnc[nH]1)C(=O)NC(CC(=O)O)C(=O)O. The molecule has 2 aromatic rings. The number of nitrogens with two attached hydrogens (primary N) is 1. The average molecular weight is 507 g/mol. The number of hydrogen-bond donors (Lipinski definition) is 8. The number of amides is 3. The number of aromatic amines is 2. The molecule has 0 saturated carbocycles. The molecule has 2 rings (SSSR count). The van der Waals surface area contributed by atoms with Crippen molar-refractivity contribution >= 4 is 29.7 Å². The molecular formula is C21H30N8O7. The number of carbonyl (C=O) groups is 5. The van der Waals surface area contributed by atoms with Crippen molar-refractivity contribution < 1.29 is 34.2 Å². The van der Waals surface area contributed by atoms with Crippen molar-refractivity contribution in [2.45, 2.75) is 57.3 Å². The van der Waals surface area contributed by atoms with Gasteiger partial charge in [0.05, 0.1) is 25.1 Å². The number of aliphatic carboxylic acids is 2. The van der Waals surface area contributed by atoms with E-state index >= 15 is 0 Å². The Hall–Kier alpha value is -4.27. The number of carbonyl (C=O) groups excluding carboxylic acids is 3. The van der Waals surface area contributed by atoms with Crippen LogP contribution >= 0.6 is 0 Å². The number of aromatic nitrogens is 4. The lowest BCUT2D eigenvalue weighted by atomic mass is 10.0. The average Bonchev–Trinajstić information content (AvgIpc) is 3.50. The smallest absolute Gasteiger partial charge is 0.326 e. The highest BCUT2D eigenvalue weighted by Crippen LogP contribution is 2.06. The quantitative estimate of drug-likeness (QED) is 0.139. The van der Waals surface area contributed by atoms with Crippen LogP contribution in [-0.4, -0.2) is 84.0 Å². The minimum Gasteiger partial charge on any atom is -0.481 e. The summed E-state index contributed by atoms with van der Waals surface area (Å²) in [4.78, 5) is 74.5. The third kappa shape index (κ3) is 8.50. The highest BCUT2D eigenvalue weighted by molar-refractivity contribution is 5.94. The molecule has 2 aromatic heterocycles. The van der Waals surface area contributed by atoms with E-state index in [9.17, 15) is 29.1 Å². The number of carboxylic acid groups (broad SMARTS) is 2. The van der Waals surface area contributed by atoms with Gasteiger partial charge in [0.15, 0.2) is 0 Å². The van der Waals surface area contributed by atoms with Gasteiger partial charge in [-0.25, -0.2) is 14.8 Å². The molecule has 0 spiro atoms. The molecule has 0 saturated heterocycles. The first-order valence-corrected chi connectivity index (χ1v) is 11.0. The maximum atomic E-state index is 13.2. The Morgan fingerprint density at radius 3 is 1.64 bits per heavy atom. The molecule has 36 heavy (non-hydrogen) atoms. The maximum absolute atomic E-state index is 13.2. The van der Waals surface area contributed by atoms with E-state index in [4.69, 9.17) is 10.8 Å². The molecule has 9 N–H and O–H groups in total. The van der Waals surface area contributed by atoms with Crippen molar-refractivity contribution in [3.63, 3.8) is 0 Å². The minimum absolute atomic E-state index is 0.00243. The zero-order valence-corrected chi connectivity index (χ0v) is 19.7. The first-order chi connectivity index (χ1) is 17.0. The Balaban J connectivity index is 2.25. The second kappa shape index (κ2) is 13.0. The van der Waals surface area contributed by atoms with Gasteiger partial charge < -0.3 is 41.9 Å². The zero-order valence-electron chi connectivity index (χ0n) is 19.7. The Labute approximate surface area is 205 Å². The molecule has 15 nitrogen and oxygen atoms in total. The molecule has 4 unspecified atom stereocenters. The topological polar surface area (TPSA) is 245 Å².